The molecule has 0 bridgehead atoms. The van der Waals surface area contributed by atoms with Gasteiger partial charge in [-0.05, 0) is 25.5 Å². The van der Waals surface area contributed by atoms with E-state index < -0.39 is 0 Å². The number of hydrogen-bond acceptors (Lipinski definition) is 3. The van der Waals surface area contributed by atoms with Gasteiger partial charge in [0.2, 0.25) is 0 Å². The molecule has 0 unspecified atom stereocenters. The van der Waals surface area contributed by atoms with Crippen LogP contribution in [-0.4, -0.2) is 43.0 Å². The number of benzene rings is 1. The zero-order valence-electron chi connectivity index (χ0n) is 11.1. The number of hydrogen-bond donors (Lipinski definition) is 2. The number of carbonyl (C=O) groups excluding carboxylic acids is 1. The molecule has 100 valence electrons. The number of urea groups is 1. The second-order valence-corrected chi connectivity index (χ2v) is 4.18. The van der Waals surface area contributed by atoms with E-state index in [0.29, 0.717) is 6.54 Å². The molecule has 0 aliphatic carbocycles. The normalized spacial score (nSPS) is 10.0. The Balaban J connectivity index is 2.39. The highest BCUT2D eigenvalue weighted by Crippen LogP contribution is 2.18. The second kappa shape index (κ2) is 6.86. The van der Waals surface area contributed by atoms with Crippen molar-refractivity contribution in [3.8, 4) is 5.75 Å². The molecular formula is C13H20N2O3. The summed E-state index contributed by atoms with van der Waals surface area (Å²) in [6.07, 6.45) is 0. The molecule has 0 aliphatic heterocycles. The molecule has 0 atom stereocenters. The number of nitrogens with one attached hydrogen (secondary N) is 1. The van der Waals surface area contributed by atoms with Crippen LogP contribution in [0.1, 0.15) is 11.1 Å². The maximum atomic E-state index is 11.5. The molecule has 1 rings (SSSR count). The Bertz CT molecular complexity index is 407. The molecule has 0 radical (unpaired) electrons. The zero-order valence-corrected chi connectivity index (χ0v) is 11.1. The molecule has 2 N–H and O–H groups in total. The summed E-state index contributed by atoms with van der Waals surface area (Å²) in [7, 11) is 1.61. The predicted octanol–water partition coefficient (Wildman–Crippen LogP) is 1.27. The van der Waals surface area contributed by atoms with Gasteiger partial charge in [0.05, 0.1) is 6.61 Å². The van der Waals surface area contributed by atoms with Gasteiger partial charge in [0.15, 0.2) is 6.73 Å². The van der Waals surface area contributed by atoms with Gasteiger partial charge in [0.25, 0.3) is 0 Å². The SMILES string of the molecule is Cc1ccc(OCNC(=O)N(C)CCO)c(C)c1. The lowest BCUT2D eigenvalue weighted by atomic mass is 10.1. The average Bonchev–Trinajstić information content (AvgIpc) is 2.32. The lowest BCUT2D eigenvalue weighted by Gasteiger charge is -2.17. The van der Waals surface area contributed by atoms with Crippen LogP contribution in [0.4, 0.5) is 4.79 Å². The minimum absolute atomic E-state index is 0.0537. The Morgan fingerprint density at radius 2 is 2.17 bits per heavy atom. The van der Waals surface area contributed by atoms with E-state index in [1.807, 2.05) is 32.0 Å². The van der Waals surface area contributed by atoms with Gasteiger partial charge in [-0.25, -0.2) is 4.79 Å². The maximum absolute atomic E-state index is 11.5. The topological polar surface area (TPSA) is 61.8 Å². The van der Waals surface area contributed by atoms with Crippen molar-refractivity contribution >= 4 is 6.03 Å². The van der Waals surface area contributed by atoms with Gasteiger partial charge in [-0.1, -0.05) is 17.7 Å². The van der Waals surface area contributed by atoms with Crippen LogP contribution in [-0.2, 0) is 0 Å². The third-order valence-electron chi connectivity index (χ3n) is 2.56. The molecule has 0 saturated carbocycles. The number of aliphatic hydroxyl groups is 1. The molecule has 0 heterocycles. The Morgan fingerprint density at radius 1 is 1.44 bits per heavy atom. The minimum Gasteiger partial charge on any atom is -0.473 e. The molecule has 1 aromatic rings. The molecule has 0 spiro atoms. The molecule has 0 aliphatic rings. The largest absolute Gasteiger partial charge is 0.473 e. The van der Waals surface area contributed by atoms with Crippen LogP contribution in [0.5, 0.6) is 5.75 Å². The van der Waals surface area contributed by atoms with E-state index in [4.69, 9.17) is 9.84 Å². The smallest absolute Gasteiger partial charge is 0.319 e. The third-order valence-corrected chi connectivity index (χ3v) is 2.56. The molecule has 0 fully saturated rings. The monoisotopic (exact) mass is 252 g/mol. The molecule has 0 aromatic heterocycles. The number of ether oxygens (including phenoxy) is 1. The van der Waals surface area contributed by atoms with E-state index in [-0.39, 0.29) is 19.4 Å². The quantitative estimate of drug-likeness (QED) is 0.776. The predicted molar refractivity (Wildman–Crippen MR) is 69.7 cm³/mol. The fraction of sp³-hybridized carbons (Fsp3) is 0.462. The first-order chi connectivity index (χ1) is 8.54. The Hall–Kier alpha value is -1.75. The molecule has 5 nitrogen and oxygen atoms in total. The van der Waals surface area contributed by atoms with Crippen molar-refractivity contribution < 1.29 is 14.6 Å². The summed E-state index contributed by atoms with van der Waals surface area (Å²) in [5, 5.41) is 11.3. The van der Waals surface area contributed by atoms with Crippen LogP contribution in [0.15, 0.2) is 18.2 Å². The first-order valence-corrected chi connectivity index (χ1v) is 5.84. The first kappa shape index (κ1) is 14.3. The molecule has 2 amide bonds. The number of nitrogens with zero attached hydrogens (tertiary/aromatic N) is 1. The van der Waals surface area contributed by atoms with Crippen LogP contribution in [0, 0.1) is 13.8 Å². The molecular weight excluding hydrogens is 232 g/mol. The summed E-state index contributed by atoms with van der Waals surface area (Å²) in [6.45, 7) is 4.33. The van der Waals surface area contributed by atoms with Gasteiger partial charge in [-0.2, -0.15) is 0 Å². The van der Waals surface area contributed by atoms with Gasteiger partial charge in [0, 0.05) is 13.6 Å². The van der Waals surface area contributed by atoms with Gasteiger partial charge in [-0.15, -0.1) is 0 Å². The minimum atomic E-state index is -0.270. The van der Waals surface area contributed by atoms with Crippen molar-refractivity contribution in [3.05, 3.63) is 29.3 Å². The van der Waals surface area contributed by atoms with Gasteiger partial charge in [0.1, 0.15) is 5.75 Å². The molecule has 18 heavy (non-hydrogen) atoms. The highest BCUT2D eigenvalue weighted by atomic mass is 16.5. The first-order valence-electron chi connectivity index (χ1n) is 5.84. The van der Waals surface area contributed by atoms with Crippen LogP contribution in [0.25, 0.3) is 0 Å². The van der Waals surface area contributed by atoms with E-state index in [1.54, 1.807) is 7.05 Å². The zero-order chi connectivity index (χ0) is 13.5. The van der Waals surface area contributed by atoms with Crippen LogP contribution >= 0.6 is 0 Å². The fourth-order valence-electron chi connectivity index (χ4n) is 1.52. The number of likely N-dealkylation sites (N-methyl/N-ethyl adjacent to an activating group) is 1. The van der Waals surface area contributed by atoms with E-state index in [9.17, 15) is 4.79 Å². The lowest BCUT2D eigenvalue weighted by Crippen LogP contribution is -2.40. The van der Waals surface area contributed by atoms with Crippen molar-refractivity contribution in [1.82, 2.24) is 10.2 Å². The van der Waals surface area contributed by atoms with Gasteiger partial charge in [-0.3, -0.25) is 0 Å². The second-order valence-electron chi connectivity index (χ2n) is 4.18. The number of carbonyl (C=O) groups is 1. The van der Waals surface area contributed by atoms with Gasteiger partial charge >= 0.3 is 6.03 Å². The van der Waals surface area contributed by atoms with Crippen molar-refractivity contribution in [3.63, 3.8) is 0 Å². The van der Waals surface area contributed by atoms with E-state index in [0.717, 1.165) is 11.3 Å². The summed E-state index contributed by atoms with van der Waals surface area (Å²) in [6, 6.07) is 5.60. The summed E-state index contributed by atoms with van der Waals surface area (Å²) < 4.78 is 5.47. The number of aryl methyl sites for hydroxylation is 2. The summed E-state index contributed by atoms with van der Waals surface area (Å²) in [4.78, 5) is 12.9. The van der Waals surface area contributed by atoms with Crippen LogP contribution < -0.4 is 10.1 Å². The number of rotatable bonds is 5. The Labute approximate surface area is 107 Å². The fourth-order valence-corrected chi connectivity index (χ4v) is 1.52. The van der Waals surface area contributed by atoms with Crippen molar-refractivity contribution in [1.29, 1.82) is 0 Å². The third kappa shape index (κ3) is 4.25. The van der Waals surface area contributed by atoms with Crippen molar-refractivity contribution in [2.75, 3.05) is 26.9 Å². The molecule has 5 heteroatoms. The summed E-state index contributed by atoms with van der Waals surface area (Å²) in [5.74, 6) is 0.755. The van der Waals surface area contributed by atoms with E-state index in [1.165, 1.54) is 10.5 Å². The average molecular weight is 252 g/mol. The van der Waals surface area contributed by atoms with Crippen molar-refractivity contribution in [2.45, 2.75) is 13.8 Å². The summed E-state index contributed by atoms with van der Waals surface area (Å²) >= 11 is 0. The van der Waals surface area contributed by atoms with Gasteiger partial charge < -0.3 is 20.1 Å². The Kier molecular flexibility index (Phi) is 5.45. The van der Waals surface area contributed by atoms with Crippen LogP contribution in [0.3, 0.4) is 0 Å². The Morgan fingerprint density at radius 3 is 2.78 bits per heavy atom. The van der Waals surface area contributed by atoms with E-state index >= 15 is 0 Å². The lowest BCUT2D eigenvalue weighted by molar-refractivity contribution is 0.179. The number of aliphatic hydroxyl groups excluding tert-OH is 1. The molecule has 0 saturated heterocycles. The number of amides is 2. The summed E-state index contributed by atoms with van der Waals surface area (Å²) in [5.41, 5.74) is 2.21. The maximum Gasteiger partial charge on any atom is 0.319 e. The van der Waals surface area contributed by atoms with E-state index in [2.05, 4.69) is 5.32 Å². The standard InChI is InChI=1S/C13H20N2O3/c1-10-4-5-12(11(2)8-10)18-9-14-13(17)15(3)6-7-16/h4-5,8,16H,6-7,9H2,1-3H3,(H,14,17). The highest BCUT2D eigenvalue weighted by Gasteiger charge is 2.07. The highest BCUT2D eigenvalue weighted by molar-refractivity contribution is 5.73. The molecule has 1 aromatic carbocycles. The van der Waals surface area contributed by atoms with Crippen molar-refractivity contribution in [2.24, 2.45) is 0 Å². The van der Waals surface area contributed by atoms with Crippen LogP contribution in [0.2, 0.25) is 0 Å².